The van der Waals surface area contributed by atoms with Crippen LogP contribution in [0, 0.1) is 11.2 Å². The van der Waals surface area contributed by atoms with Gasteiger partial charge < -0.3 is 10.6 Å². The Bertz CT molecular complexity index is 809. The fourth-order valence-electron chi connectivity index (χ4n) is 4.65. The van der Waals surface area contributed by atoms with Crippen molar-refractivity contribution in [1.82, 2.24) is 4.90 Å². The summed E-state index contributed by atoms with van der Waals surface area (Å²) in [4.78, 5) is 14.8. The lowest BCUT2D eigenvalue weighted by Gasteiger charge is -2.42. The Morgan fingerprint density at radius 2 is 1.81 bits per heavy atom. The standard InChI is InChI=1S/C22H25FN2O/c1-15(16-6-8-18(23)9-7-16)21(26)25-12-10-22(11-13-25)14-17-4-2-3-5-19(17)20(22)24/h2-9,15,20H,10-14,24H2,1H3/t15-,20+/m0/s1. The number of fused-ring (bicyclic) bond motifs is 1. The number of carbonyl (C=O) groups is 1. The number of benzene rings is 2. The van der Waals surface area contributed by atoms with E-state index in [-0.39, 0.29) is 29.1 Å². The number of hydrogen-bond donors (Lipinski definition) is 1. The summed E-state index contributed by atoms with van der Waals surface area (Å²) < 4.78 is 13.1. The number of nitrogens with zero attached hydrogens (tertiary/aromatic N) is 1. The van der Waals surface area contributed by atoms with Gasteiger partial charge in [0.1, 0.15) is 5.82 Å². The predicted molar refractivity (Wildman–Crippen MR) is 100 cm³/mol. The lowest BCUT2D eigenvalue weighted by atomic mass is 9.73. The van der Waals surface area contributed by atoms with Gasteiger partial charge in [-0.3, -0.25) is 4.79 Å². The summed E-state index contributed by atoms with van der Waals surface area (Å²) in [5, 5.41) is 0. The summed E-state index contributed by atoms with van der Waals surface area (Å²) in [6, 6.07) is 14.7. The van der Waals surface area contributed by atoms with E-state index in [2.05, 4.69) is 24.3 Å². The van der Waals surface area contributed by atoms with Crippen molar-refractivity contribution in [3.05, 3.63) is 71.0 Å². The molecule has 136 valence electrons. The second-order valence-electron chi connectivity index (χ2n) is 7.81. The molecule has 3 nitrogen and oxygen atoms in total. The van der Waals surface area contributed by atoms with Gasteiger partial charge in [-0.2, -0.15) is 0 Å². The molecule has 2 atom stereocenters. The molecule has 2 aromatic rings. The van der Waals surface area contributed by atoms with Gasteiger partial charge in [0.2, 0.25) is 5.91 Å². The molecule has 0 aromatic heterocycles. The van der Waals surface area contributed by atoms with E-state index in [0.717, 1.165) is 37.9 Å². The zero-order valence-corrected chi connectivity index (χ0v) is 15.1. The van der Waals surface area contributed by atoms with Crippen LogP contribution in [0.15, 0.2) is 48.5 Å². The van der Waals surface area contributed by atoms with Gasteiger partial charge in [0.25, 0.3) is 0 Å². The molecule has 2 N–H and O–H groups in total. The lowest BCUT2D eigenvalue weighted by Crippen LogP contribution is -2.47. The SMILES string of the molecule is C[C@H](C(=O)N1CCC2(CC1)Cc1ccccc1[C@H]2N)c1ccc(F)cc1. The van der Waals surface area contributed by atoms with Crippen molar-refractivity contribution in [1.29, 1.82) is 0 Å². The Morgan fingerprint density at radius 1 is 1.15 bits per heavy atom. The van der Waals surface area contributed by atoms with Gasteiger partial charge in [-0.05, 0) is 60.4 Å². The molecule has 1 amide bonds. The first kappa shape index (κ1) is 17.2. The maximum absolute atomic E-state index is 13.1. The molecule has 4 rings (SSSR count). The van der Waals surface area contributed by atoms with Gasteiger partial charge in [0.15, 0.2) is 0 Å². The van der Waals surface area contributed by atoms with E-state index in [1.165, 1.54) is 23.3 Å². The number of hydrogen-bond acceptors (Lipinski definition) is 2. The highest BCUT2D eigenvalue weighted by molar-refractivity contribution is 5.83. The maximum atomic E-state index is 13.1. The minimum atomic E-state index is -0.275. The normalized spacial score (nSPS) is 22.3. The molecular weight excluding hydrogens is 327 g/mol. The third kappa shape index (κ3) is 2.82. The van der Waals surface area contributed by atoms with Crippen molar-refractivity contribution in [2.75, 3.05) is 13.1 Å². The molecule has 1 aliphatic heterocycles. The zero-order chi connectivity index (χ0) is 18.3. The van der Waals surface area contributed by atoms with Gasteiger partial charge in [-0.15, -0.1) is 0 Å². The zero-order valence-electron chi connectivity index (χ0n) is 15.1. The van der Waals surface area contributed by atoms with Gasteiger partial charge in [-0.25, -0.2) is 4.39 Å². The quantitative estimate of drug-likeness (QED) is 0.894. The van der Waals surface area contributed by atoms with Crippen LogP contribution in [-0.2, 0) is 11.2 Å². The van der Waals surface area contributed by atoms with Gasteiger partial charge >= 0.3 is 0 Å². The molecule has 1 aliphatic carbocycles. The Labute approximate surface area is 154 Å². The highest BCUT2D eigenvalue weighted by atomic mass is 19.1. The molecular formula is C22H25FN2O. The van der Waals surface area contributed by atoms with Crippen LogP contribution in [0.25, 0.3) is 0 Å². The van der Waals surface area contributed by atoms with Crippen LogP contribution in [0.1, 0.15) is 48.4 Å². The number of likely N-dealkylation sites (tertiary alicyclic amines) is 1. The Morgan fingerprint density at radius 3 is 2.46 bits per heavy atom. The molecule has 1 fully saturated rings. The smallest absolute Gasteiger partial charge is 0.229 e. The molecule has 2 aliphatic rings. The first-order valence-electron chi connectivity index (χ1n) is 9.38. The summed E-state index contributed by atoms with van der Waals surface area (Å²) in [5.74, 6) is -0.405. The van der Waals surface area contributed by atoms with Crippen LogP contribution >= 0.6 is 0 Å². The van der Waals surface area contributed by atoms with Crippen molar-refractivity contribution in [3.63, 3.8) is 0 Å². The van der Waals surface area contributed by atoms with E-state index >= 15 is 0 Å². The average Bonchev–Trinajstić information content (AvgIpc) is 2.94. The fourth-order valence-corrected chi connectivity index (χ4v) is 4.65. The third-order valence-electron chi connectivity index (χ3n) is 6.40. The van der Waals surface area contributed by atoms with Crippen LogP contribution in [-0.4, -0.2) is 23.9 Å². The predicted octanol–water partition coefficient (Wildman–Crippen LogP) is 3.79. The lowest BCUT2D eigenvalue weighted by molar-refractivity contribution is -0.135. The van der Waals surface area contributed by atoms with Gasteiger partial charge in [0.05, 0.1) is 5.92 Å². The number of piperidine rings is 1. The Kier molecular flexibility index (Phi) is 4.31. The largest absolute Gasteiger partial charge is 0.342 e. The van der Waals surface area contributed by atoms with Crippen LogP contribution in [0.5, 0.6) is 0 Å². The van der Waals surface area contributed by atoms with Crippen LogP contribution in [0.3, 0.4) is 0 Å². The minimum Gasteiger partial charge on any atom is -0.342 e. The summed E-state index contributed by atoms with van der Waals surface area (Å²) in [5.41, 5.74) is 10.2. The molecule has 1 spiro atoms. The average molecular weight is 352 g/mol. The molecule has 2 aromatic carbocycles. The van der Waals surface area contributed by atoms with E-state index in [0.29, 0.717) is 0 Å². The van der Waals surface area contributed by atoms with E-state index in [4.69, 9.17) is 5.73 Å². The second kappa shape index (κ2) is 6.51. The van der Waals surface area contributed by atoms with Crippen molar-refractivity contribution in [2.24, 2.45) is 11.1 Å². The molecule has 1 saturated heterocycles. The number of nitrogens with two attached hydrogens (primary N) is 1. The molecule has 26 heavy (non-hydrogen) atoms. The minimum absolute atomic E-state index is 0.0606. The van der Waals surface area contributed by atoms with E-state index in [1.807, 2.05) is 11.8 Å². The van der Waals surface area contributed by atoms with Crippen molar-refractivity contribution >= 4 is 5.91 Å². The monoisotopic (exact) mass is 352 g/mol. The van der Waals surface area contributed by atoms with Crippen molar-refractivity contribution in [2.45, 2.75) is 38.1 Å². The first-order chi connectivity index (χ1) is 12.5. The van der Waals surface area contributed by atoms with Gasteiger partial charge in [0, 0.05) is 19.1 Å². The summed E-state index contributed by atoms with van der Waals surface area (Å²) in [7, 11) is 0. The first-order valence-corrected chi connectivity index (χ1v) is 9.38. The summed E-state index contributed by atoms with van der Waals surface area (Å²) >= 11 is 0. The molecule has 4 heteroatoms. The third-order valence-corrected chi connectivity index (χ3v) is 6.40. The van der Waals surface area contributed by atoms with Crippen LogP contribution in [0.2, 0.25) is 0 Å². The Balaban J connectivity index is 1.44. The molecule has 0 radical (unpaired) electrons. The van der Waals surface area contributed by atoms with Crippen molar-refractivity contribution in [3.8, 4) is 0 Å². The van der Waals surface area contributed by atoms with Gasteiger partial charge in [-0.1, -0.05) is 36.4 Å². The van der Waals surface area contributed by atoms with Crippen LogP contribution < -0.4 is 5.73 Å². The molecule has 0 bridgehead atoms. The molecule has 0 unspecified atom stereocenters. The number of amides is 1. The maximum Gasteiger partial charge on any atom is 0.229 e. The molecule has 1 heterocycles. The number of rotatable bonds is 2. The number of halogens is 1. The van der Waals surface area contributed by atoms with E-state index in [1.54, 1.807) is 12.1 Å². The topological polar surface area (TPSA) is 46.3 Å². The highest BCUT2D eigenvalue weighted by Crippen LogP contribution is 2.50. The van der Waals surface area contributed by atoms with Crippen molar-refractivity contribution < 1.29 is 9.18 Å². The summed E-state index contributed by atoms with van der Waals surface area (Å²) in [6.45, 7) is 3.38. The highest BCUT2D eigenvalue weighted by Gasteiger charge is 2.46. The second-order valence-corrected chi connectivity index (χ2v) is 7.81. The van der Waals surface area contributed by atoms with E-state index in [9.17, 15) is 9.18 Å². The summed E-state index contributed by atoms with van der Waals surface area (Å²) in [6.07, 6.45) is 2.88. The van der Waals surface area contributed by atoms with Crippen LogP contribution in [0.4, 0.5) is 4.39 Å². The molecule has 0 saturated carbocycles. The fraction of sp³-hybridized carbons (Fsp3) is 0.409. The van der Waals surface area contributed by atoms with E-state index < -0.39 is 0 Å². The number of carbonyl (C=O) groups excluding carboxylic acids is 1. The Hall–Kier alpha value is -2.20.